The van der Waals surface area contributed by atoms with Gasteiger partial charge in [0.25, 0.3) is 0 Å². The SMILES string of the molecule is CCc1ccccc1NC(=O)C1(C(=O)NCC(C)C)CC1. The monoisotopic (exact) mass is 288 g/mol. The van der Waals surface area contributed by atoms with Crippen LogP contribution in [-0.4, -0.2) is 18.4 Å². The van der Waals surface area contributed by atoms with E-state index in [2.05, 4.69) is 10.6 Å². The molecule has 2 rings (SSSR count). The first-order valence-electron chi connectivity index (χ1n) is 7.67. The molecule has 0 saturated heterocycles. The fraction of sp³-hybridized carbons (Fsp3) is 0.529. The molecule has 1 saturated carbocycles. The third-order valence-electron chi connectivity index (χ3n) is 3.94. The number of nitrogens with one attached hydrogen (secondary N) is 2. The number of hydrogen-bond acceptors (Lipinski definition) is 2. The lowest BCUT2D eigenvalue weighted by atomic mass is 10.0. The second-order valence-electron chi connectivity index (χ2n) is 6.15. The third-order valence-corrected chi connectivity index (χ3v) is 3.94. The molecule has 0 radical (unpaired) electrons. The summed E-state index contributed by atoms with van der Waals surface area (Å²) in [4.78, 5) is 24.7. The average Bonchev–Trinajstić information content (AvgIpc) is 3.27. The summed E-state index contributed by atoms with van der Waals surface area (Å²) in [6, 6.07) is 7.73. The number of para-hydroxylation sites is 1. The average molecular weight is 288 g/mol. The van der Waals surface area contributed by atoms with E-state index in [9.17, 15) is 9.59 Å². The van der Waals surface area contributed by atoms with Gasteiger partial charge in [-0.2, -0.15) is 0 Å². The Labute approximate surface area is 126 Å². The number of rotatable bonds is 6. The fourth-order valence-electron chi connectivity index (χ4n) is 2.34. The molecule has 4 heteroatoms. The van der Waals surface area contributed by atoms with E-state index in [1.54, 1.807) is 0 Å². The van der Waals surface area contributed by atoms with Crippen molar-refractivity contribution in [2.45, 2.75) is 40.0 Å². The minimum Gasteiger partial charge on any atom is -0.355 e. The number of amides is 2. The smallest absolute Gasteiger partial charge is 0.240 e. The highest BCUT2D eigenvalue weighted by atomic mass is 16.2. The van der Waals surface area contributed by atoms with Gasteiger partial charge in [0.2, 0.25) is 11.8 Å². The Hall–Kier alpha value is -1.84. The Morgan fingerprint density at radius 1 is 1.19 bits per heavy atom. The topological polar surface area (TPSA) is 58.2 Å². The summed E-state index contributed by atoms with van der Waals surface area (Å²) in [5.74, 6) is 0.0703. The quantitative estimate of drug-likeness (QED) is 0.791. The highest BCUT2D eigenvalue weighted by Crippen LogP contribution is 2.47. The molecular formula is C17H24N2O2. The highest BCUT2D eigenvalue weighted by molar-refractivity contribution is 6.13. The van der Waals surface area contributed by atoms with Crippen LogP contribution >= 0.6 is 0 Å². The molecule has 0 unspecified atom stereocenters. The van der Waals surface area contributed by atoms with Crippen molar-refractivity contribution < 1.29 is 9.59 Å². The van der Waals surface area contributed by atoms with Crippen molar-refractivity contribution in [2.24, 2.45) is 11.3 Å². The molecule has 2 N–H and O–H groups in total. The van der Waals surface area contributed by atoms with E-state index in [1.807, 2.05) is 45.0 Å². The molecular weight excluding hydrogens is 264 g/mol. The van der Waals surface area contributed by atoms with Gasteiger partial charge in [-0.15, -0.1) is 0 Å². The van der Waals surface area contributed by atoms with Crippen LogP contribution in [0.1, 0.15) is 39.2 Å². The molecule has 1 aliphatic rings. The van der Waals surface area contributed by atoms with Gasteiger partial charge in [-0.1, -0.05) is 39.0 Å². The summed E-state index contributed by atoms with van der Waals surface area (Å²) < 4.78 is 0. The molecule has 1 aromatic carbocycles. The van der Waals surface area contributed by atoms with Crippen LogP contribution in [0.4, 0.5) is 5.69 Å². The van der Waals surface area contributed by atoms with Gasteiger partial charge in [0.05, 0.1) is 0 Å². The van der Waals surface area contributed by atoms with Gasteiger partial charge in [0.1, 0.15) is 5.41 Å². The highest BCUT2D eigenvalue weighted by Gasteiger charge is 2.56. The predicted molar refractivity (Wildman–Crippen MR) is 84.0 cm³/mol. The maximum atomic E-state index is 12.5. The zero-order chi connectivity index (χ0) is 15.5. The molecule has 21 heavy (non-hydrogen) atoms. The van der Waals surface area contributed by atoms with Crippen molar-refractivity contribution in [3.8, 4) is 0 Å². The van der Waals surface area contributed by atoms with Crippen LogP contribution in [0.15, 0.2) is 24.3 Å². The van der Waals surface area contributed by atoms with Gasteiger partial charge in [-0.25, -0.2) is 0 Å². The summed E-state index contributed by atoms with van der Waals surface area (Å²) in [7, 11) is 0. The molecule has 1 aromatic rings. The first-order valence-corrected chi connectivity index (χ1v) is 7.67. The Bertz CT molecular complexity index is 533. The predicted octanol–water partition coefficient (Wildman–Crippen LogP) is 2.74. The summed E-state index contributed by atoms with van der Waals surface area (Å²) in [6.45, 7) is 6.74. The minimum absolute atomic E-state index is 0.136. The molecule has 0 aromatic heterocycles. The van der Waals surface area contributed by atoms with Crippen LogP contribution in [-0.2, 0) is 16.0 Å². The van der Waals surface area contributed by atoms with Gasteiger partial charge in [-0.3, -0.25) is 9.59 Å². The summed E-state index contributed by atoms with van der Waals surface area (Å²) >= 11 is 0. The van der Waals surface area contributed by atoms with Gasteiger partial charge in [-0.05, 0) is 36.8 Å². The zero-order valence-electron chi connectivity index (χ0n) is 13.0. The number of hydrogen-bond donors (Lipinski definition) is 2. The maximum Gasteiger partial charge on any atom is 0.240 e. The van der Waals surface area contributed by atoms with E-state index in [1.165, 1.54) is 0 Å². The first-order chi connectivity index (χ1) is 9.99. The van der Waals surface area contributed by atoms with E-state index < -0.39 is 5.41 Å². The lowest BCUT2D eigenvalue weighted by Gasteiger charge is -2.17. The van der Waals surface area contributed by atoms with Gasteiger partial charge in [0, 0.05) is 12.2 Å². The second kappa shape index (κ2) is 6.29. The molecule has 0 atom stereocenters. The maximum absolute atomic E-state index is 12.5. The van der Waals surface area contributed by atoms with E-state index in [0.29, 0.717) is 25.3 Å². The van der Waals surface area contributed by atoms with E-state index in [-0.39, 0.29) is 11.8 Å². The molecule has 1 aliphatic carbocycles. The summed E-state index contributed by atoms with van der Waals surface area (Å²) in [6.07, 6.45) is 2.12. The molecule has 114 valence electrons. The lowest BCUT2D eigenvalue weighted by molar-refractivity contribution is -0.134. The van der Waals surface area contributed by atoms with Crippen molar-refractivity contribution in [1.82, 2.24) is 5.32 Å². The standard InChI is InChI=1S/C17H24N2O2/c1-4-13-7-5-6-8-14(13)19-16(21)17(9-10-17)15(20)18-11-12(2)3/h5-8,12H,4,9-11H2,1-3H3,(H,18,20)(H,19,21). The minimum atomic E-state index is -0.851. The fourth-order valence-corrected chi connectivity index (χ4v) is 2.34. The van der Waals surface area contributed by atoms with Crippen LogP contribution in [0.5, 0.6) is 0 Å². The Balaban J connectivity index is 2.04. The van der Waals surface area contributed by atoms with Crippen LogP contribution in [0, 0.1) is 11.3 Å². The Kier molecular flexibility index (Phi) is 4.66. The number of carbonyl (C=O) groups is 2. The third kappa shape index (κ3) is 3.43. The molecule has 1 fully saturated rings. The zero-order valence-corrected chi connectivity index (χ0v) is 13.0. The largest absolute Gasteiger partial charge is 0.355 e. The van der Waals surface area contributed by atoms with Crippen molar-refractivity contribution >= 4 is 17.5 Å². The second-order valence-corrected chi connectivity index (χ2v) is 6.15. The summed E-state index contributed by atoms with van der Waals surface area (Å²) in [5.41, 5.74) is 1.05. The van der Waals surface area contributed by atoms with Crippen molar-refractivity contribution in [2.75, 3.05) is 11.9 Å². The van der Waals surface area contributed by atoms with Gasteiger partial charge < -0.3 is 10.6 Å². The van der Waals surface area contributed by atoms with Crippen molar-refractivity contribution in [3.05, 3.63) is 29.8 Å². The van der Waals surface area contributed by atoms with E-state index in [4.69, 9.17) is 0 Å². The number of anilines is 1. The van der Waals surface area contributed by atoms with Crippen LogP contribution in [0.25, 0.3) is 0 Å². The van der Waals surface area contributed by atoms with Gasteiger partial charge >= 0.3 is 0 Å². The number of aryl methyl sites for hydroxylation is 1. The normalized spacial score (nSPS) is 15.6. The summed E-state index contributed by atoms with van der Waals surface area (Å²) in [5, 5.41) is 5.81. The van der Waals surface area contributed by atoms with Crippen molar-refractivity contribution in [3.63, 3.8) is 0 Å². The molecule has 0 heterocycles. The number of benzene rings is 1. The molecule has 2 amide bonds. The molecule has 0 aliphatic heterocycles. The molecule has 0 bridgehead atoms. The molecule has 0 spiro atoms. The van der Waals surface area contributed by atoms with Gasteiger partial charge in [0.15, 0.2) is 0 Å². The molecule has 4 nitrogen and oxygen atoms in total. The lowest BCUT2D eigenvalue weighted by Crippen LogP contribution is -2.41. The van der Waals surface area contributed by atoms with E-state index in [0.717, 1.165) is 17.7 Å². The Morgan fingerprint density at radius 3 is 2.43 bits per heavy atom. The van der Waals surface area contributed by atoms with E-state index >= 15 is 0 Å². The van der Waals surface area contributed by atoms with Crippen LogP contribution < -0.4 is 10.6 Å². The van der Waals surface area contributed by atoms with Crippen LogP contribution in [0.2, 0.25) is 0 Å². The Morgan fingerprint density at radius 2 is 1.86 bits per heavy atom. The van der Waals surface area contributed by atoms with Crippen LogP contribution in [0.3, 0.4) is 0 Å². The number of carbonyl (C=O) groups excluding carboxylic acids is 2. The first kappa shape index (κ1) is 15.5. The van der Waals surface area contributed by atoms with Crippen molar-refractivity contribution in [1.29, 1.82) is 0 Å².